The number of hydrogen-bond donors (Lipinski definition) is 0. The van der Waals surface area contributed by atoms with E-state index in [1.165, 1.54) is 7.11 Å². The molecule has 0 N–H and O–H groups in total. The van der Waals surface area contributed by atoms with Gasteiger partial charge in [-0.1, -0.05) is 42.5 Å². The molecule has 1 saturated heterocycles. The summed E-state index contributed by atoms with van der Waals surface area (Å²) in [6.07, 6.45) is 0.858. The van der Waals surface area contributed by atoms with Gasteiger partial charge in [-0.25, -0.2) is 0 Å². The van der Waals surface area contributed by atoms with E-state index in [4.69, 9.17) is 9.47 Å². The Morgan fingerprint density at radius 1 is 1.07 bits per heavy atom. The average Bonchev–Trinajstić information content (AvgIpc) is 3.11. The van der Waals surface area contributed by atoms with Crippen LogP contribution in [0.2, 0.25) is 0 Å². The first-order chi connectivity index (χ1) is 13.6. The molecule has 2 aromatic carbocycles. The highest BCUT2D eigenvalue weighted by Gasteiger charge is 2.35. The Balaban J connectivity index is 1.49. The Labute approximate surface area is 164 Å². The first-order valence-corrected chi connectivity index (χ1v) is 9.23. The van der Waals surface area contributed by atoms with Crippen LogP contribution in [0.15, 0.2) is 54.6 Å². The molecular formula is C22H23NO5. The number of ether oxygens (including phenoxy) is 2. The van der Waals surface area contributed by atoms with E-state index in [2.05, 4.69) is 0 Å². The van der Waals surface area contributed by atoms with E-state index >= 15 is 0 Å². The molecule has 1 heterocycles. The van der Waals surface area contributed by atoms with Gasteiger partial charge < -0.3 is 14.4 Å². The van der Waals surface area contributed by atoms with Gasteiger partial charge in [0.2, 0.25) is 11.7 Å². The van der Waals surface area contributed by atoms with Crippen molar-refractivity contribution in [1.29, 1.82) is 0 Å². The fourth-order valence-electron chi connectivity index (χ4n) is 3.26. The lowest BCUT2D eigenvalue weighted by atomic mass is 10.1. The van der Waals surface area contributed by atoms with Gasteiger partial charge in [0.1, 0.15) is 5.75 Å². The molecule has 28 heavy (non-hydrogen) atoms. The summed E-state index contributed by atoms with van der Waals surface area (Å²) in [5.41, 5.74) is 1.51. The second-order valence-electron chi connectivity index (χ2n) is 6.71. The summed E-state index contributed by atoms with van der Waals surface area (Å²) in [6.45, 7) is 0.522. The maximum Gasteiger partial charge on any atom is 0.311 e. The zero-order valence-corrected chi connectivity index (χ0v) is 15.8. The van der Waals surface area contributed by atoms with Crippen molar-refractivity contribution in [2.75, 3.05) is 26.8 Å². The monoisotopic (exact) mass is 381 g/mol. The highest BCUT2D eigenvalue weighted by molar-refractivity contribution is 6.00. The number of ketones is 1. The second kappa shape index (κ2) is 9.17. The molecule has 0 unspecified atom stereocenters. The molecule has 0 spiro atoms. The normalized spacial score (nSPS) is 16.1. The lowest BCUT2D eigenvalue weighted by molar-refractivity contribution is -0.147. The van der Waals surface area contributed by atoms with Crippen LogP contribution < -0.4 is 4.74 Å². The van der Waals surface area contributed by atoms with E-state index in [0.717, 1.165) is 12.0 Å². The number of rotatable bonds is 8. The van der Waals surface area contributed by atoms with Crippen molar-refractivity contribution < 1.29 is 23.9 Å². The maximum absolute atomic E-state index is 12.3. The van der Waals surface area contributed by atoms with Crippen LogP contribution >= 0.6 is 0 Å². The van der Waals surface area contributed by atoms with Crippen molar-refractivity contribution in [2.45, 2.75) is 12.8 Å². The number of carbonyl (C=O) groups excluding carboxylic acids is 3. The zero-order chi connectivity index (χ0) is 19.9. The van der Waals surface area contributed by atoms with Gasteiger partial charge in [-0.15, -0.1) is 0 Å². The van der Waals surface area contributed by atoms with Crippen LogP contribution in [-0.4, -0.2) is 49.4 Å². The first-order valence-electron chi connectivity index (χ1n) is 9.23. The first kappa shape index (κ1) is 19.6. The summed E-state index contributed by atoms with van der Waals surface area (Å²) in [4.78, 5) is 38.5. The Kier molecular flexibility index (Phi) is 6.42. The van der Waals surface area contributed by atoms with E-state index < -0.39 is 11.9 Å². The predicted octanol–water partition coefficient (Wildman–Crippen LogP) is 2.51. The topological polar surface area (TPSA) is 72.9 Å². The molecule has 1 fully saturated rings. The molecular weight excluding hydrogens is 358 g/mol. The fraction of sp³-hybridized carbons (Fsp3) is 0.318. The van der Waals surface area contributed by atoms with E-state index in [1.54, 1.807) is 29.2 Å². The molecule has 0 radical (unpaired) electrons. The quantitative estimate of drug-likeness (QED) is 0.519. The average molecular weight is 381 g/mol. The van der Waals surface area contributed by atoms with E-state index in [9.17, 15) is 14.4 Å². The largest absolute Gasteiger partial charge is 0.496 e. The highest BCUT2D eigenvalue weighted by atomic mass is 16.5. The minimum absolute atomic E-state index is 0.0612. The Bertz CT molecular complexity index is 849. The number of methoxy groups -OCH3 is 1. The molecule has 2 aromatic rings. The van der Waals surface area contributed by atoms with Crippen LogP contribution in [-0.2, 0) is 20.7 Å². The lowest BCUT2D eigenvalue weighted by Crippen LogP contribution is -2.29. The SMILES string of the molecule is COc1ccccc1C(=O)COC(=O)[C@H]1CC(=O)N(CCc2ccccc2)C1. The highest BCUT2D eigenvalue weighted by Crippen LogP contribution is 2.21. The summed E-state index contributed by atoms with van der Waals surface area (Å²) in [5, 5.41) is 0. The van der Waals surface area contributed by atoms with Crippen molar-refractivity contribution in [3.63, 3.8) is 0 Å². The van der Waals surface area contributed by atoms with Crippen LogP contribution in [0.25, 0.3) is 0 Å². The van der Waals surface area contributed by atoms with E-state index in [1.807, 2.05) is 30.3 Å². The molecule has 6 heteroatoms. The summed E-state index contributed by atoms with van der Waals surface area (Å²) >= 11 is 0. The van der Waals surface area contributed by atoms with Crippen molar-refractivity contribution in [1.82, 2.24) is 4.90 Å². The number of esters is 1. The molecule has 3 rings (SSSR count). The van der Waals surface area contributed by atoms with Gasteiger partial charge in [0, 0.05) is 19.5 Å². The van der Waals surface area contributed by atoms with Gasteiger partial charge in [-0.2, -0.15) is 0 Å². The third-order valence-corrected chi connectivity index (χ3v) is 4.81. The number of carbonyl (C=O) groups is 3. The van der Waals surface area contributed by atoms with Crippen molar-refractivity contribution in [3.8, 4) is 5.75 Å². The molecule has 146 valence electrons. The number of nitrogens with zero attached hydrogens (tertiary/aromatic N) is 1. The third-order valence-electron chi connectivity index (χ3n) is 4.81. The molecule has 0 aromatic heterocycles. The van der Waals surface area contributed by atoms with E-state index in [-0.39, 0.29) is 24.7 Å². The van der Waals surface area contributed by atoms with Gasteiger partial charge in [-0.3, -0.25) is 14.4 Å². The van der Waals surface area contributed by atoms with Crippen molar-refractivity contribution >= 4 is 17.7 Å². The van der Waals surface area contributed by atoms with Crippen molar-refractivity contribution in [2.24, 2.45) is 5.92 Å². The molecule has 1 atom stereocenters. The molecule has 0 bridgehead atoms. The number of amides is 1. The van der Waals surface area contributed by atoms with Gasteiger partial charge in [0.05, 0.1) is 18.6 Å². The number of likely N-dealkylation sites (tertiary alicyclic amines) is 1. The molecule has 6 nitrogen and oxygen atoms in total. The minimum atomic E-state index is -0.534. The predicted molar refractivity (Wildman–Crippen MR) is 103 cm³/mol. The third kappa shape index (κ3) is 4.76. The Hall–Kier alpha value is -3.15. The Morgan fingerprint density at radius 3 is 2.54 bits per heavy atom. The van der Waals surface area contributed by atoms with Crippen molar-refractivity contribution in [3.05, 3.63) is 65.7 Å². The molecule has 0 saturated carbocycles. The van der Waals surface area contributed by atoms with Crippen LogP contribution in [0.4, 0.5) is 0 Å². The maximum atomic E-state index is 12.3. The van der Waals surface area contributed by atoms with Gasteiger partial charge >= 0.3 is 5.97 Å². The number of Topliss-reactive ketones (excluding diaryl/α,β-unsaturated/α-hetero) is 1. The Morgan fingerprint density at radius 2 is 1.79 bits per heavy atom. The summed E-state index contributed by atoms with van der Waals surface area (Å²) < 4.78 is 10.3. The van der Waals surface area contributed by atoms with Gasteiger partial charge in [0.25, 0.3) is 0 Å². The van der Waals surface area contributed by atoms with Crippen LogP contribution in [0.5, 0.6) is 5.75 Å². The molecule has 1 aliphatic rings. The lowest BCUT2D eigenvalue weighted by Gasteiger charge is -2.16. The zero-order valence-electron chi connectivity index (χ0n) is 15.8. The standard InChI is InChI=1S/C22H23NO5/c1-27-20-10-6-5-9-18(20)19(24)15-28-22(26)17-13-21(25)23(14-17)12-11-16-7-3-2-4-8-16/h2-10,17H,11-15H2,1H3/t17-/m0/s1. The summed E-state index contributed by atoms with van der Waals surface area (Å²) in [6, 6.07) is 16.7. The number of para-hydroxylation sites is 1. The summed E-state index contributed by atoms with van der Waals surface area (Å²) in [5.74, 6) is -1.01. The van der Waals surface area contributed by atoms with Crippen LogP contribution in [0.3, 0.4) is 0 Å². The van der Waals surface area contributed by atoms with Crippen LogP contribution in [0, 0.1) is 5.92 Å². The summed E-state index contributed by atoms with van der Waals surface area (Å²) in [7, 11) is 1.48. The fourth-order valence-corrected chi connectivity index (χ4v) is 3.26. The molecule has 0 aliphatic carbocycles. The van der Waals surface area contributed by atoms with Gasteiger partial charge in [-0.05, 0) is 24.1 Å². The minimum Gasteiger partial charge on any atom is -0.496 e. The second-order valence-corrected chi connectivity index (χ2v) is 6.71. The van der Waals surface area contributed by atoms with E-state index in [0.29, 0.717) is 24.4 Å². The van der Waals surface area contributed by atoms with Gasteiger partial charge in [0.15, 0.2) is 6.61 Å². The molecule has 1 aliphatic heterocycles. The number of benzene rings is 2. The molecule has 1 amide bonds. The number of hydrogen-bond acceptors (Lipinski definition) is 5. The van der Waals surface area contributed by atoms with Crippen LogP contribution in [0.1, 0.15) is 22.3 Å². The smallest absolute Gasteiger partial charge is 0.311 e.